The Hall–Kier alpha value is -4.71. The largest absolute Gasteiger partial charge is 0.462 e. The van der Waals surface area contributed by atoms with Gasteiger partial charge in [-0.2, -0.15) is 18.3 Å². The zero-order valence-electron chi connectivity index (χ0n) is 25.8. The minimum Gasteiger partial charge on any atom is -0.462 e. The second-order valence-corrected chi connectivity index (χ2v) is 12.4. The highest BCUT2D eigenvalue weighted by atomic mass is 32.1. The molecule has 3 aromatic heterocycles. The Bertz CT molecular complexity index is 1780. The highest BCUT2D eigenvalue weighted by Gasteiger charge is 2.41. The second kappa shape index (κ2) is 13.3. The molecule has 5 rings (SSSR count). The molecule has 240 valence electrons. The van der Waals surface area contributed by atoms with Crippen LogP contribution in [0.15, 0.2) is 66.2 Å². The summed E-state index contributed by atoms with van der Waals surface area (Å²) in [6.07, 6.45) is 2.34. The number of carbonyl (C=O) groups is 2. The minimum absolute atomic E-state index is 0.0673. The predicted octanol–water partition coefficient (Wildman–Crippen LogP) is 8.39. The van der Waals surface area contributed by atoms with E-state index in [0.717, 1.165) is 34.2 Å². The molecule has 0 unspecified atom stereocenters. The first kappa shape index (κ1) is 32.7. The number of ether oxygens (including phenoxy) is 2. The van der Waals surface area contributed by atoms with Crippen LogP contribution in [0.5, 0.6) is 0 Å². The van der Waals surface area contributed by atoms with E-state index in [4.69, 9.17) is 9.47 Å². The molecule has 4 aromatic rings. The number of aromatic nitrogens is 3. The molecule has 1 aromatic carbocycles. The number of alkyl halides is 3. The van der Waals surface area contributed by atoms with Gasteiger partial charge in [-0.25, -0.2) is 19.3 Å². The minimum atomic E-state index is -4.86. The average molecular weight is 651 g/mol. The van der Waals surface area contributed by atoms with E-state index < -0.39 is 29.0 Å². The fraction of sp³-hybridized carbons (Fsp3) is 0.294. The molecule has 1 aliphatic rings. The zero-order chi connectivity index (χ0) is 33.1. The van der Waals surface area contributed by atoms with E-state index in [0.29, 0.717) is 23.5 Å². The molecule has 0 spiro atoms. The van der Waals surface area contributed by atoms with Crippen LogP contribution in [0.3, 0.4) is 0 Å². The van der Waals surface area contributed by atoms with Gasteiger partial charge in [0.15, 0.2) is 11.5 Å². The van der Waals surface area contributed by atoms with E-state index >= 15 is 0 Å². The topological polar surface area (TPSA) is 86.6 Å². The molecule has 0 bridgehead atoms. The van der Waals surface area contributed by atoms with Gasteiger partial charge in [0.05, 0.1) is 23.4 Å². The van der Waals surface area contributed by atoms with Crippen molar-refractivity contribution in [3.05, 3.63) is 94.1 Å². The number of thiophene rings is 1. The fourth-order valence-electron chi connectivity index (χ4n) is 4.90. The summed E-state index contributed by atoms with van der Waals surface area (Å²) in [5.41, 5.74) is 2.08. The van der Waals surface area contributed by atoms with Gasteiger partial charge in [0, 0.05) is 13.1 Å². The lowest BCUT2D eigenvalue weighted by Gasteiger charge is -2.29. The summed E-state index contributed by atoms with van der Waals surface area (Å²) in [4.78, 5) is 31.5. The Labute approximate surface area is 268 Å². The Kier molecular flexibility index (Phi) is 9.47. The third-order valence-electron chi connectivity index (χ3n) is 7.01. The molecule has 4 heterocycles. The first-order valence-corrected chi connectivity index (χ1v) is 15.5. The summed E-state index contributed by atoms with van der Waals surface area (Å²) in [6.45, 7) is 8.08. The van der Waals surface area contributed by atoms with Gasteiger partial charge in [-0.3, -0.25) is 0 Å². The molecule has 0 aliphatic carbocycles. The number of carbonyl (C=O) groups excluding carboxylic acids is 2. The molecular formula is C34H33F3N4O4S. The summed E-state index contributed by atoms with van der Waals surface area (Å²) in [6, 6.07) is 14.7. The molecule has 1 aliphatic heterocycles. The molecule has 0 saturated heterocycles. The molecule has 1 amide bonds. The lowest BCUT2D eigenvalue weighted by Crippen LogP contribution is -2.39. The quantitative estimate of drug-likeness (QED) is 0.187. The van der Waals surface area contributed by atoms with Gasteiger partial charge in [0.1, 0.15) is 11.2 Å². The highest BCUT2D eigenvalue weighted by Crippen LogP contribution is 2.35. The Morgan fingerprint density at radius 3 is 2.46 bits per heavy atom. The normalized spacial score (nSPS) is 14.0. The van der Waals surface area contributed by atoms with Crippen molar-refractivity contribution in [3.63, 3.8) is 0 Å². The smallest absolute Gasteiger partial charge is 0.434 e. The first-order valence-electron chi connectivity index (χ1n) is 14.7. The van der Waals surface area contributed by atoms with Crippen LogP contribution < -0.4 is 0 Å². The van der Waals surface area contributed by atoms with Crippen LogP contribution in [-0.2, 0) is 15.7 Å². The highest BCUT2D eigenvalue weighted by molar-refractivity contribution is 7.13. The summed E-state index contributed by atoms with van der Waals surface area (Å²) in [7, 11) is 0. The van der Waals surface area contributed by atoms with Crippen molar-refractivity contribution in [1.82, 2.24) is 19.7 Å². The van der Waals surface area contributed by atoms with Crippen molar-refractivity contribution in [2.45, 2.75) is 45.9 Å². The Morgan fingerprint density at radius 2 is 1.80 bits per heavy atom. The van der Waals surface area contributed by atoms with E-state index in [1.165, 1.54) is 29.9 Å². The Balaban J connectivity index is 1.32. The molecule has 0 fully saturated rings. The molecule has 0 radical (unpaired) electrons. The predicted molar refractivity (Wildman–Crippen MR) is 171 cm³/mol. The third-order valence-corrected chi connectivity index (χ3v) is 7.96. The van der Waals surface area contributed by atoms with E-state index in [1.54, 1.807) is 17.0 Å². The van der Waals surface area contributed by atoms with Crippen LogP contribution in [0.2, 0.25) is 0 Å². The van der Waals surface area contributed by atoms with Crippen molar-refractivity contribution < 1.29 is 32.2 Å². The number of hydrogen-bond acceptors (Lipinski definition) is 7. The first-order chi connectivity index (χ1) is 21.8. The Morgan fingerprint density at radius 1 is 1.04 bits per heavy atom. The second-order valence-electron chi connectivity index (χ2n) is 11.5. The molecule has 12 heteroatoms. The molecule has 0 saturated carbocycles. The molecule has 0 atom stereocenters. The summed E-state index contributed by atoms with van der Waals surface area (Å²) < 4.78 is 53.0. The number of amides is 1. The van der Waals surface area contributed by atoms with Gasteiger partial charge >= 0.3 is 18.2 Å². The molecular weight excluding hydrogens is 617 g/mol. The van der Waals surface area contributed by atoms with E-state index in [-0.39, 0.29) is 18.5 Å². The van der Waals surface area contributed by atoms with Crippen molar-refractivity contribution in [2.24, 2.45) is 0 Å². The maximum Gasteiger partial charge on any atom is 0.434 e. The van der Waals surface area contributed by atoms with Crippen LogP contribution in [0.1, 0.15) is 66.9 Å². The summed E-state index contributed by atoms with van der Waals surface area (Å²) in [5, 5.41) is 5.72. The number of benzene rings is 1. The van der Waals surface area contributed by atoms with Gasteiger partial charge < -0.3 is 14.4 Å². The molecule has 0 N–H and O–H groups in total. The van der Waals surface area contributed by atoms with Gasteiger partial charge in [-0.1, -0.05) is 48.6 Å². The van der Waals surface area contributed by atoms with Crippen LogP contribution >= 0.6 is 11.3 Å². The monoisotopic (exact) mass is 650 g/mol. The number of halogens is 3. The molecule has 8 nitrogen and oxygen atoms in total. The maximum atomic E-state index is 14.0. The summed E-state index contributed by atoms with van der Waals surface area (Å²) in [5.74, 6) is -1.18. The number of rotatable bonds is 7. The number of hydrogen-bond donors (Lipinski definition) is 0. The SMILES string of the molecule is CCOC(=O)c1cnn(-c2cccc(-c3sccc3/C=C/c3ccc(C4=CCN(C(=O)OC(C)(C)C)CC4)cc3)n2)c1C(F)(F)F. The van der Waals surface area contributed by atoms with Crippen LogP contribution in [0.4, 0.5) is 18.0 Å². The number of esters is 1. The van der Waals surface area contributed by atoms with E-state index in [1.807, 2.05) is 68.6 Å². The van der Waals surface area contributed by atoms with Crippen molar-refractivity contribution >= 4 is 41.1 Å². The van der Waals surface area contributed by atoms with E-state index in [2.05, 4.69) is 16.2 Å². The maximum absolute atomic E-state index is 14.0. The number of pyridine rings is 1. The van der Waals surface area contributed by atoms with Crippen LogP contribution in [0.25, 0.3) is 34.1 Å². The average Bonchev–Trinajstić information content (AvgIpc) is 3.68. The van der Waals surface area contributed by atoms with Crippen LogP contribution in [-0.4, -0.2) is 57.0 Å². The van der Waals surface area contributed by atoms with Gasteiger partial charge in [0.25, 0.3) is 0 Å². The lowest BCUT2D eigenvalue weighted by atomic mass is 9.98. The van der Waals surface area contributed by atoms with Crippen LogP contribution in [0, 0.1) is 0 Å². The number of nitrogens with zero attached hydrogens (tertiary/aromatic N) is 4. The van der Waals surface area contributed by atoms with Gasteiger partial charge in [-0.15, -0.1) is 11.3 Å². The zero-order valence-corrected chi connectivity index (χ0v) is 26.6. The summed E-state index contributed by atoms with van der Waals surface area (Å²) >= 11 is 1.41. The molecule has 46 heavy (non-hydrogen) atoms. The lowest BCUT2D eigenvalue weighted by molar-refractivity contribution is -0.143. The van der Waals surface area contributed by atoms with Gasteiger partial charge in [0.2, 0.25) is 0 Å². The van der Waals surface area contributed by atoms with Gasteiger partial charge in [-0.05, 0) is 80.0 Å². The third kappa shape index (κ3) is 7.56. The van der Waals surface area contributed by atoms with Crippen molar-refractivity contribution in [2.75, 3.05) is 19.7 Å². The fourth-order valence-corrected chi connectivity index (χ4v) is 5.75. The van der Waals surface area contributed by atoms with E-state index in [9.17, 15) is 22.8 Å². The van der Waals surface area contributed by atoms with Crippen molar-refractivity contribution in [3.8, 4) is 16.4 Å². The van der Waals surface area contributed by atoms with Crippen molar-refractivity contribution in [1.29, 1.82) is 0 Å². The standard InChI is InChI=1S/C34H33F3N4O4S/c1-5-44-31(42)26-21-38-41(30(26)34(35,36)37)28-8-6-7-27(39-28)29-25(17-20-46-29)14-11-22-9-12-23(13-10-22)24-15-18-40(19-16-24)32(43)45-33(2,3)4/h6-15,17,20-21H,5,16,18-19H2,1-4H3/b14-11+.